The quantitative estimate of drug-likeness (QED) is 0.811. The van der Waals surface area contributed by atoms with Crippen LogP contribution in [0.3, 0.4) is 0 Å². The van der Waals surface area contributed by atoms with Crippen molar-refractivity contribution in [3.8, 4) is 0 Å². The van der Waals surface area contributed by atoms with Gasteiger partial charge in [-0.25, -0.2) is 17.9 Å². The number of aromatic carboxylic acids is 1. The Morgan fingerprint density at radius 1 is 1.52 bits per heavy atom. The van der Waals surface area contributed by atoms with Crippen LogP contribution in [0.25, 0.3) is 0 Å². The van der Waals surface area contributed by atoms with Crippen LogP contribution in [0.5, 0.6) is 0 Å². The largest absolute Gasteiger partial charge is 0.477 e. The van der Waals surface area contributed by atoms with Crippen molar-refractivity contribution < 1.29 is 18.3 Å². The number of carbonyl (C=O) groups is 1. The normalized spacial score (nSPS) is 11.7. The lowest BCUT2D eigenvalue weighted by Gasteiger charge is -2.08. The molecule has 0 aliphatic rings. The summed E-state index contributed by atoms with van der Waals surface area (Å²) in [4.78, 5) is 10.7. The van der Waals surface area contributed by atoms with Gasteiger partial charge in [0.05, 0.1) is 6.54 Å². The van der Waals surface area contributed by atoms with Crippen molar-refractivity contribution in [3.05, 3.63) is 28.0 Å². The van der Waals surface area contributed by atoms with Crippen molar-refractivity contribution in [1.82, 2.24) is 19.5 Å². The molecule has 0 radical (unpaired) electrons. The monoisotopic (exact) mass is 330 g/mol. The van der Waals surface area contributed by atoms with Crippen molar-refractivity contribution in [1.29, 1.82) is 0 Å². The molecule has 10 heteroatoms. The fourth-order valence-electron chi connectivity index (χ4n) is 1.83. The Morgan fingerprint density at radius 2 is 2.24 bits per heavy atom. The van der Waals surface area contributed by atoms with Crippen LogP contribution in [0.2, 0.25) is 0 Å². The SMILES string of the molecule is CCn1cnnc1CNS(=O)(=O)c1c(C)csc1C(=O)O. The fraction of sp³-hybridized carbons (Fsp3) is 0.364. The highest BCUT2D eigenvalue weighted by molar-refractivity contribution is 7.89. The molecule has 0 unspecified atom stereocenters. The Morgan fingerprint density at radius 3 is 2.86 bits per heavy atom. The number of sulfonamides is 1. The molecule has 0 saturated carbocycles. The first-order valence-electron chi connectivity index (χ1n) is 6.04. The van der Waals surface area contributed by atoms with Gasteiger partial charge in [-0.15, -0.1) is 21.5 Å². The van der Waals surface area contributed by atoms with E-state index in [4.69, 9.17) is 5.11 Å². The summed E-state index contributed by atoms with van der Waals surface area (Å²) < 4.78 is 28.7. The first kappa shape index (κ1) is 15.6. The van der Waals surface area contributed by atoms with Crippen LogP contribution >= 0.6 is 11.3 Å². The molecule has 114 valence electrons. The average Bonchev–Trinajstić information content (AvgIpc) is 3.02. The fourth-order valence-corrected chi connectivity index (χ4v) is 4.43. The zero-order valence-electron chi connectivity index (χ0n) is 11.4. The molecule has 2 rings (SSSR count). The second-order valence-corrected chi connectivity index (χ2v) is 6.82. The van der Waals surface area contributed by atoms with E-state index in [1.54, 1.807) is 11.5 Å². The van der Waals surface area contributed by atoms with E-state index in [1.807, 2.05) is 6.92 Å². The standard InChI is InChI=1S/C11H14N4O4S2/c1-3-15-6-12-14-8(15)4-13-21(18,19)10-7(2)5-20-9(10)11(16)17/h5-6,13H,3-4H2,1-2H3,(H,16,17). The van der Waals surface area contributed by atoms with Gasteiger partial charge in [0.2, 0.25) is 10.0 Å². The molecule has 2 aromatic heterocycles. The molecule has 8 nitrogen and oxygen atoms in total. The van der Waals surface area contributed by atoms with Crippen LogP contribution in [0.4, 0.5) is 0 Å². The van der Waals surface area contributed by atoms with Gasteiger partial charge >= 0.3 is 5.97 Å². The zero-order valence-corrected chi connectivity index (χ0v) is 13.0. The van der Waals surface area contributed by atoms with E-state index >= 15 is 0 Å². The second-order valence-electron chi connectivity index (χ2n) is 4.24. The van der Waals surface area contributed by atoms with Crippen molar-refractivity contribution >= 4 is 27.3 Å². The molecule has 0 saturated heterocycles. The maximum Gasteiger partial charge on any atom is 0.347 e. The number of carboxylic acids is 1. The molecule has 0 aliphatic heterocycles. The Kier molecular flexibility index (Phi) is 4.40. The van der Waals surface area contributed by atoms with Crippen molar-refractivity contribution in [3.63, 3.8) is 0 Å². The van der Waals surface area contributed by atoms with E-state index in [2.05, 4.69) is 14.9 Å². The molecule has 21 heavy (non-hydrogen) atoms. The molecule has 0 spiro atoms. The maximum absolute atomic E-state index is 12.3. The molecule has 0 amide bonds. The van der Waals surface area contributed by atoms with Crippen molar-refractivity contribution in [2.24, 2.45) is 0 Å². The maximum atomic E-state index is 12.3. The third kappa shape index (κ3) is 3.12. The Hall–Kier alpha value is -1.78. The predicted octanol–water partition coefficient (Wildman–Crippen LogP) is 0.845. The summed E-state index contributed by atoms with van der Waals surface area (Å²) in [7, 11) is -3.93. The van der Waals surface area contributed by atoms with Crippen LogP contribution < -0.4 is 4.72 Å². The molecular weight excluding hydrogens is 316 g/mol. The molecule has 2 N–H and O–H groups in total. The first-order valence-corrected chi connectivity index (χ1v) is 8.40. The summed E-state index contributed by atoms with van der Waals surface area (Å²) in [6, 6.07) is 0. The van der Waals surface area contributed by atoms with Crippen LogP contribution in [0, 0.1) is 6.92 Å². The topological polar surface area (TPSA) is 114 Å². The number of carboxylic acid groups (broad SMARTS) is 1. The Balaban J connectivity index is 2.27. The lowest BCUT2D eigenvalue weighted by Crippen LogP contribution is -2.26. The van der Waals surface area contributed by atoms with Gasteiger partial charge in [-0.05, 0) is 24.8 Å². The molecule has 2 aromatic rings. The molecule has 0 bridgehead atoms. The van der Waals surface area contributed by atoms with E-state index in [0.29, 0.717) is 17.9 Å². The summed E-state index contributed by atoms with van der Waals surface area (Å²) in [6.45, 7) is 4.01. The summed E-state index contributed by atoms with van der Waals surface area (Å²) in [5.41, 5.74) is 0.404. The van der Waals surface area contributed by atoms with Crippen LogP contribution in [-0.4, -0.2) is 34.3 Å². The van der Waals surface area contributed by atoms with E-state index in [-0.39, 0.29) is 16.3 Å². The molecule has 0 atom stereocenters. The minimum atomic E-state index is -3.93. The number of aromatic nitrogens is 3. The lowest BCUT2D eigenvalue weighted by molar-refractivity contribution is 0.0698. The van der Waals surface area contributed by atoms with Gasteiger partial charge in [0.1, 0.15) is 21.9 Å². The van der Waals surface area contributed by atoms with Gasteiger partial charge in [0.25, 0.3) is 0 Å². The number of rotatable bonds is 6. The summed E-state index contributed by atoms with van der Waals surface area (Å²) in [5, 5.41) is 18.1. The van der Waals surface area contributed by atoms with Gasteiger partial charge in [0.15, 0.2) is 0 Å². The number of nitrogens with one attached hydrogen (secondary N) is 1. The summed E-state index contributed by atoms with van der Waals surface area (Å²) >= 11 is 0.890. The highest BCUT2D eigenvalue weighted by Crippen LogP contribution is 2.26. The lowest BCUT2D eigenvalue weighted by atomic mass is 10.3. The second kappa shape index (κ2) is 5.92. The number of thiophene rings is 1. The van der Waals surface area contributed by atoms with Gasteiger partial charge in [0, 0.05) is 6.54 Å². The summed E-state index contributed by atoms with van der Waals surface area (Å²) in [6.07, 6.45) is 1.50. The van der Waals surface area contributed by atoms with Crippen molar-refractivity contribution in [2.45, 2.75) is 31.8 Å². The number of nitrogens with zero attached hydrogens (tertiary/aromatic N) is 3. The number of hydrogen-bond donors (Lipinski definition) is 2. The van der Waals surface area contributed by atoms with Gasteiger partial charge < -0.3 is 9.67 Å². The number of hydrogen-bond acceptors (Lipinski definition) is 6. The molecule has 0 aromatic carbocycles. The van der Waals surface area contributed by atoms with Gasteiger partial charge in [-0.2, -0.15) is 0 Å². The highest BCUT2D eigenvalue weighted by Gasteiger charge is 2.26. The van der Waals surface area contributed by atoms with E-state index in [9.17, 15) is 13.2 Å². The van der Waals surface area contributed by atoms with E-state index < -0.39 is 16.0 Å². The van der Waals surface area contributed by atoms with Gasteiger partial charge in [-0.1, -0.05) is 0 Å². The highest BCUT2D eigenvalue weighted by atomic mass is 32.2. The zero-order chi connectivity index (χ0) is 15.6. The minimum Gasteiger partial charge on any atom is -0.477 e. The summed E-state index contributed by atoms with van der Waals surface area (Å²) in [5.74, 6) is -0.795. The Bertz CT molecular complexity index is 763. The van der Waals surface area contributed by atoms with Crippen LogP contribution in [0.1, 0.15) is 28.0 Å². The smallest absolute Gasteiger partial charge is 0.347 e. The molecule has 0 aliphatic carbocycles. The van der Waals surface area contributed by atoms with Crippen LogP contribution in [0.15, 0.2) is 16.6 Å². The molecule has 2 heterocycles. The average molecular weight is 330 g/mol. The third-order valence-corrected chi connectivity index (χ3v) is 5.64. The first-order chi connectivity index (χ1) is 9.86. The third-order valence-electron chi connectivity index (χ3n) is 2.84. The van der Waals surface area contributed by atoms with Gasteiger partial charge in [-0.3, -0.25) is 0 Å². The Labute approximate surface area is 125 Å². The van der Waals surface area contributed by atoms with Crippen LogP contribution in [-0.2, 0) is 23.1 Å². The molecule has 0 fully saturated rings. The molecular formula is C11H14N4O4S2. The minimum absolute atomic E-state index is 0.0511. The van der Waals surface area contributed by atoms with E-state index in [0.717, 1.165) is 11.3 Å². The van der Waals surface area contributed by atoms with E-state index in [1.165, 1.54) is 11.7 Å². The predicted molar refractivity (Wildman–Crippen MR) is 75.7 cm³/mol. The van der Waals surface area contributed by atoms with Crippen molar-refractivity contribution in [2.75, 3.05) is 0 Å². The number of aryl methyl sites for hydroxylation is 2.